The topological polar surface area (TPSA) is 62.1 Å². The SMILES string of the molecule is Cc1ccc(CCC(CCCc2cccc(C(C)C)c2)NCCCNCCC2CCC(CCNCCCN)CC2)c(C)c1. The number of hydrogen-bond acceptors (Lipinski definition) is 4. The number of aryl methyl sites for hydroxylation is 4. The first-order chi connectivity index (χ1) is 20.9. The summed E-state index contributed by atoms with van der Waals surface area (Å²) < 4.78 is 0. The summed E-state index contributed by atoms with van der Waals surface area (Å²) in [5.74, 6) is 2.47. The Morgan fingerprint density at radius 2 is 1.44 bits per heavy atom. The normalized spacial score (nSPS) is 17.9. The summed E-state index contributed by atoms with van der Waals surface area (Å²) in [6.45, 7) is 15.5. The van der Waals surface area contributed by atoms with E-state index in [9.17, 15) is 0 Å². The van der Waals surface area contributed by atoms with E-state index >= 15 is 0 Å². The lowest BCUT2D eigenvalue weighted by Gasteiger charge is -2.28. The molecule has 0 saturated heterocycles. The van der Waals surface area contributed by atoms with Gasteiger partial charge in [0.05, 0.1) is 0 Å². The molecule has 0 aromatic heterocycles. The van der Waals surface area contributed by atoms with Gasteiger partial charge in [-0.25, -0.2) is 0 Å². The Labute approximate surface area is 265 Å². The lowest BCUT2D eigenvalue weighted by Crippen LogP contribution is -2.32. The molecular weight excluding hydrogens is 524 g/mol. The van der Waals surface area contributed by atoms with Gasteiger partial charge < -0.3 is 21.7 Å². The van der Waals surface area contributed by atoms with E-state index in [-0.39, 0.29) is 0 Å². The molecule has 242 valence electrons. The van der Waals surface area contributed by atoms with Crippen molar-refractivity contribution in [1.82, 2.24) is 16.0 Å². The fourth-order valence-corrected chi connectivity index (χ4v) is 6.88. The molecule has 1 aliphatic carbocycles. The molecule has 1 fully saturated rings. The van der Waals surface area contributed by atoms with Crippen molar-refractivity contribution in [3.63, 3.8) is 0 Å². The first-order valence-corrected chi connectivity index (χ1v) is 17.9. The zero-order valence-electron chi connectivity index (χ0n) is 28.4. The summed E-state index contributed by atoms with van der Waals surface area (Å²) in [6.07, 6.45) is 16.8. The Morgan fingerprint density at radius 1 is 0.744 bits per heavy atom. The van der Waals surface area contributed by atoms with Crippen LogP contribution in [0.15, 0.2) is 42.5 Å². The van der Waals surface area contributed by atoms with Gasteiger partial charge >= 0.3 is 0 Å². The second kappa shape index (κ2) is 21.1. The summed E-state index contributed by atoms with van der Waals surface area (Å²) in [5, 5.41) is 11.3. The first kappa shape index (κ1) is 35.8. The third kappa shape index (κ3) is 14.7. The van der Waals surface area contributed by atoms with Crippen LogP contribution >= 0.6 is 0 Å². The third-order valence-corrected chi connectivity index (χ3v) is 9.84. The predicted octanol–water partition coefficient (Wildman–Crippen LogP) is 7.85. The van der Waals surface area contributed by atoms with Gasteiger partial charge in [-0.2, -0.15) is 0 Å². The molecular formula is C39H66N4. The largest absolute Gasteiger partial charge is 0.330 e. The van der Waals surface area contributed by atoms with Gasteiger partial charge in [-0.05, 0) is 151 Å². The van der Waals surface area contributed by atoms with Gasteiger partial charge in [0.25, 0.3) is 0 Å². The Balaban J connectivity index is 1.31. The molecule has 1 atom stereocenters. The summed E-state index contributed by atoms with van der Waals surface area (Å²) >= 11 is 0. The van der Waals surface area contributed by atoms with Gasteiger partial charge in [0.2, 0.25) is 0 Å². The molecule has 0 amide bonds. The van der Waals surface area contributed by atoms with Crippen molar-refractivity contribution in [2.24, 2.45) is 17.6 Å². The summed E-state index contributed by atoms with van der Waals surface area (Å²) in [5.41, 5.74) is 12.9. The average Bonchev–Trinajstić information content (AvgIpc) is 3.00. The van der Waals surface area contributed by atoms with Gasteiger partial charge in [0.1, 0.15) is 0 Å². The molecule has 0 radical (unpaired) electrons. The molecule has 1 unspecified atom stereocenters. The van der Waals surface area contributed by atoms with Crippen LogP contribution in [0, 0.1) is 25.7 Å². The standard InChI is InChI=1S/C39H66N4/c1-31(2)38-11-5-9-36(30-38)10-6-12-39(20-19-37-18-13-32(3)29-33(37)4)43-26-8-25-42-28-22-35-16-14-34(15-17-35)21-27-41-24-7-23-40/h5,9,11,13,18,29-31,34-35,39,41-43H,6-8,10,12,14-17,19-28,40H2,1-4H3. The second-order valence-corrected chi connectivity index (χ2v) is 13.9. The van der Waals surface area contributed by atoms with Crippen molar-refractivity contribution >= 4 is 0 Å². The Morgan fingerprint density at radius 3 is 2.09 bits per heavy atom. The highest BCUT2D eigenvalue weighted by Crippen LogP contribution is 2.32. The number of nitrogens with two attached hydrogens (primary N) is 1. The van der Waals surface area contributed by atoms with Crippen molar-refractivity contribution in [3.05, 3.63) is 70.3 Å². The quantitative estimate of drug-likeness (QED) is 0.106. The van der Waals surface area contributed by atoms with E-state index in [0.717, 1.165) is 50.9 Å². The molecule has 4 heteroatoms. The maximum Gasteiger partial charge on any atom is 0.00703 e. The third-order valence-electron chi connectivity index (χ3n) is 9.84. The minimum absolute atomic E-state index is 0.583. The minimum atomic E-state index is 0.583. The van der Waals surface area contributed by atoms with Gasteiger partial charge in [-0.1, -0.05) is 87.6 Å². The predicted molar refractivity (Wildman–Crippen MR) is 188 cm³/mol. The number of nitrogens with one attached hydrogen (secondary N) is 3. The molecule has 2 aromatic carbocycles. The highest BCUT2D eigenvalue weighted by Gasteiger charge is 2.20. The number of rotatable bonds is 22. The fraction of sp³-hybridized carbons (Fsp3) is 0.692. The van der Waals surface area contributed by atoms with E-state index in [2.05, 4.69) is 86.1 Å². The van der Waals surface area contributed by atoms with Crippen LogP contribution in [-0.4, -0.2) is 45.3 Å². The van der Waals surface area contributed by atoms with Crippen LogP contribution in [0.5, 0.6) is 0 Å². The van der Waals surface area contributed by atoms with Gasteiger partial charge in [0, 0.05) is 6.04 Å². The number of benzene rings is 2. The molecule has 0 heterocycles. The highest BCUT2D eigenvalue weighted by atomic mass is 14.9. The van der Waals surface area contributed by atoms with Crippen LogP contribution in [0.1, 0.15) is 118 Å². The number of hydrogen-bond donors (Lipinski definition) is 4. The van der Waals surface area contributed by atoms with Crippen LogP contribution in [0.3, 0.4) is 0 Å². The molecule has 43 heavy (non-hydrogen) atoms. The van der Waals surface area contributed by atoms with Crippen LogP contribution < -0.4 is 21.7 Å². The molecule has 0 aliphatic heterocycles. The molecule has 4 nitrogen and oxygen atoms in total. The lowest BCUT2D eigenvalue weighted by molar-refractivity contribution is 0.250. The minimum Gasteiger partial charge on any atom is -0.330 e. The highest BCUT2D eigenvalue weighted by molar-refractivity contribution is 5.30. The van der Waals surface area contributed by atoms with Gasteiger partial charge in [-0.3, -0.25) is 0 Å². The summed E-state index contributed by atoms with van der Waals surface area (Å²) in [6, 6.07) is 16.8. The van der Waals surface area contributed by atoms with Crippen molar-refractivity contribution in [2.75, 3.05) is 39.3 Å². The van der Waals surface area contributed by atoms with E-state index in [4.69, 9.17) is 5.73 Å². The monoisotopic (exact) mass is 591 g/mol. The summed E-state index contributed by atoms with van der Waals surface area (Å²) in [4.78, 5) is 0. The molecule has 1 saturated carbocycles. The molecule has 0 bridgehead atoms. The van der Waals surface area contributed by atoms with Crippen molar-refractivity contribution in [3.8, 4) is 0 Å². The maximum absolute atomic E-state index is 5.59. The van der Waals surface area contributed by atoms with Crippen LogP contribution in [0.2, 0.25) is 0 Å². The maximum atomic E-state index is 5.59. The molecule has 5 N–H and O–H groups in total. The van der Waals surface area contributed by atoms with Gasteiger partial charge in [-0.15, -0.1) is 0 Å². The van der Waals surface area contributed by atoms with Gasteiger partial charge in [0.15, 0.2) is 0 Å². The zero-order valence-corrected chi connectivity index (χ0v) is 28.4. The van der Waals surface area contributed by atoms with Crippen LogP contribution in [-0.2, 0) is 12.8 Å². The Bertz CT molecular complexity index is 994. The van der Waals surface area contributed by atoms with Crippen LogP contribution in [0.4, 0.5) is 0 Å². The first-order valence-electron chi connectivity index (χ1n) is 17.9. The summed E-state index contributed by atoms with van der Waals surface area (Å²) in [7, 11) is 0. The van der Waals surface area contributed by atoms with E-state index in [1.54, 1.807) is 0 Å². The zero-order chi connectivity index (χ0) is 30.7. The molecule has 3 rings (SSSR count). The van der Waals surface area contributed by atoms with E-state index in [0.29, 0.717) is 12.0 Å². The van der Waals surface area contributed by atoms with E-state index in [1.165, 1.54) is 112 Å². The molecule has 2 aromatic rings. The smallest absolute Gasteiger partial charge is 0.00703 e. The van der Waals surface area contributed by atoms with Crippen LogP contribution in [0.25, 0.3) is 0 Å². The second-order valence-electron chi connectivity index (χ2n) is 13.9. The molecule has 0 spiro atoms. The van der Waals surface area contributed by atoms with Crippen molar-refractivity contribution < 1.29 is 0 Å². The van der Waals surface area contributed by atoms with E-state index in [1.807, 2.05) is 0 Å². The lowest BCUT2D eigenvalue weighted by atomic mass is 9.79. The molecule has 1 aliphatic rings. The fourth-order valence-electron chi connectivity index (χ4n) is 6.88. The van der Waals surface area contributed by atoms with Crippen molar-refractivity contribution in [2.45, 2.75) is 123 Å². The average molecular weight is 591 g/mol. The van der Waals surface area contributed by atoms with E-state index < -0.39 is 0 Å². The Hall–Kier alpha value is -1.72. The Kier molecular flexibility index (Phi) is 17.5. The van der Waals surface area contributed by atoms with Crippen molar-refractivity contribution in [1.29, 1.82) is 0 Å².